The van der Waals surface area contributed by atoms with Gasteiger partial charge in [0.05, 0.1) is 5.56 Å². The Morgan fingerprint density at radius 1 is 0.806 bits per heavy atom. The molecule has 4 rings (SSSR count). The Labute approximate surface area is 213 Å². The van der Waals surface area contributed by atoms with E-state index in [1.165, 1.54) is 5.56 Å². The van der Waals surface area contributed by atoms with Crippen molar-refractivity contribution in [2.45, 2.75) is 45.2 Å². The van der Waals surface area contributed by atoms with E-state index in [-0.39, 0.29) is 18.1 Å². The number of carboxylic acid groups (broad SMARTS) is 1. The van der Waals surface area contributed by atoms with Crippen LogP contribution in [0, 0.1) is 0 Å². The van der Waals surface area contributed by atoms with Crippen LogP contribution < -0.4 is 9.64 Å². The molecular formula is C30H34N2O4. The van der Waals surface area contributed by atoms with Gasteiger partial charge in [-0.2, -0.15) is 0 Å². The van der Waals surface area contributed by atoms with Gasteiger partial charge in [0.1, 0.15) is 5.75 Å². The van der Waals surface area contributed by atoms with Crippen LogP contribution in [0.4, 0.5) is 5.69 Å². The molecule has 0 aromatic heterocycles. The second-order valence-electron chi connectivity index (χ2n) is 9.26. The zero-order valence-corrected chi connectivity index (χ0v) is 20.6. The summed E-state index contributed by atoms with van der Waals surface area (Å²) in [6, 6.07) is 24.7. The first-order valence-corrected chi connectivity index (χ1v) is 12.7. The third kappa shape index (κ3) is 7.18. The lowest BCUT2D eigenvalue weighted by Gasteiger charge is -2.29. The molecule has 188 valence electrons. The zero-order chi connectivity index (χ0) is 25.2. The van der Waals surface area contributed by atoms with E-state index in [0.29, 0.717) is 18.8 Å². The highest BCUT2D eigenvalue weighted by molar-refractivity contribution is 5.96. The fourth-order valence-electron chi connectivity index (χ4n) is 4.66. The number of nitrogens with zero attached hydrogens (tertiary/aromatic N) is 2. The maximum absolute atomic E-state index is 13.4. The van der Waals surface area contributed by atoms with E-state index in [1.54, 1.807) is 23.1 Å². The minimum atomic E-state index is -0.969. The molecule has 0 aliphatic carbocycles. The number of fused-ring (bicyclic) bond motifs is 1. The predicted octanol–water partition coefficient (Wildman–Crippen LogP) is 5.76. The first-order valence-electron chi connectivity index (χ1n) is 12.7. The first kappa shape index (κ1) is 25.5. The van der Waals surface area contributed by atoms with Crippen molar-refractivity contribution in [3.63, 3.8) is 0 Å². The van der Waals surface area contributed by atoms with E-state index < -0.39 is 5.97 Å². The molecule has 1 aliphatic rings. The molecule has 1 heterocycles. The number of amides is 1. The smallest absolute Gasteiger partial charge is 0.335 e. The van der Waals surface area contributed by atoms with Gasteiger partial charge >= 0.3 is 5.97 Å². The highest BCUT2D eigenvalue weighted by Gasteiger charge is 2.22. The van der Waals surface area contributed by atoms with Crippen LogP contribution in [-0.4, -0.2) is 41.6 Å². The number of rotatable bonds is 6. The molecule has 1 amide bonds. The van der Waals surface area contributed by atoms with Crippen molar-refractivity contribution in [3.05, 3.63) is 95.6 Å². The van der Waals surface area contributed by atoms with Gasteiger partial charge in [0, 0.05) is 25.3 Å². The van der Waals surface area contributed by atoms with E-state index in [4.69, 9.17) is 4.74 Å². The summed E-state index contributed by atoms with van der Waals surface area (Å²) in [5.74, 6) is -0.450. The van der Waals surface area contributed by atoms with Gasteiger partial charge in [-0.3, -0.25) is 9.69 Å². The Balaban J connectivity index is 1.64. The second kappa shape index (κ2) is 12.9. The van der Waals surface area contributed by atoms with Crippen LogP contribution in [0.1, 0.15) is 53.6 Å². The zero-order valence-electron chi connectivity index (χ0n) is 20.6. The minimum absolute atomic E-state index is 0.0716. The molecule has 0 saturated carbocycles. The summed E-state index contributed by atoms with van der Waals surface area (Å²) in [5.41, 5.74) is 3.05. The molecule has 1 aliphatic heterocycles. The summed E-state index contributed by atoms with van der Waals surface area (Å²) in [7, 11) is 0. The highest BCUT2D eigenvalue weighted by atomic mass is 16.5. The van der Waals surface area contributed by atoms with Gasteiger partial charge in [-0.25, -0.2) is 4.79 Å². The molecule has 3 aromatic rings. The number of para-hydroxylation sites is 1. The van der Waals surface area contributed by atoms with Gasteiger partial charge < -0.3 is 14.7 Å². The lowest BCUT2D eigenvalue weighted by Crippen LogP contribution is -2.37. The van der Waals surface area contributed by atoms with Gasteiger partial charge in [-0.05, 0) is 60.8 Å². The number of anilines is 1. The Hall–Kier alpha value is -3.64. The Morgan fingerprint density at radius 2 is 1.47 bits per heavy atom. The van der Waals surface area contributed by atoms with Gasteiger partial charge in [-0.1, -0.05) is 67.8 Å². The summed E-state index contributed by atoms with van der Waals surface area (Å²) in [4.78, 5) is 29.3. The number of carboxylic acids is 1. The summed E-state index contributed by atoms with van der Waals surface area (Å²) < 4.78 is 5.78. The molecule has 3 aromatic carbocycles. The van der Waals surface area contributed by atoms with Crippen molar-refractivity contribution in [3.8, 4) is 5.75 Å². The topological polar surface area (TPSA) is 70.1 Å². The number of ether oxygens (including phenoxy) is 1. The van der Waals surface area contributed by atoms with Crippen LogP contribution in [-0.2, 0) is 17.9 Å². The number of hydrogen-bond acceptors (Lipinski definition) is 4. The van der Waals surface area contributed by atoms with E-state index in [2.05, 4.69) is 17.0 Å². The summed E-state index contributed by atoms with van der Waals surface area (Å²) in [5, 5.41) is 9.67. The number of aromatic carboxylic acids is 1. The van der Waals surface area contributed by atoms with Gasteiger partial charge in [0.2, 0.25) is 0 Å². The molecule has 6 nitrogen and oxygen atoms in total. The average Bonchev–Trinajstić information content (AvgIpc) is 2.89. The fraction of sp³-hybridized carbons (Fsp3) is 0.333. The van der Waals surface area contributed by atoms with E-state index in [9.17, 15) is 14.7 Å². The van der Waals surface area contributed by atoms with E-state index in [1.807, 2.05) is 48.5 Å². The Morgan fingerprint density at radius 3 is 2.19 bits per heavy atom. The van der Waals surface area contributed by atoms with Crippen LogP contribution in [0.3, 0.4) is 0 Å². The number of hydrogen-bond donors (Lipinski definition) is 1. The molecule has 0 saturated heterocycles. The Kier molecular flexibility index (Phi) is 9.11. The van der Waals surface area contributed by atoms with E-state index >= 15 is 0 Å². The molecule has 0 bridgehead atoms. The van der Waals surface area contributed by atoms with Crippen LogP contribution >= 0.6 is 0 Å². The highest BCUT2D eigenvalue weighted by Crippen LogP contribution is 2.27. The number of benzene rings is 3. The van der Waals surface area contributed by atoms with Crippen molar-refractivity contribution < 1.29 is 19.4 Å². The van der Waals surface area contributed by atoms with Crippen molar-refractivity contribution in [2.75, 3.05) is 24.6 Å². The van der Waals surface area contributed by atoms with Gasteiger partial charge in [0.25, 0.3) is 5.91 Å². The molecule has 6 heteroatoms. The van der Waals surface area contributed by atoms with Crippen molar-refractivity contribution in [2.24, 2.45) is 0 Å². The normalized spacial score (nSPS) is 15.3. The van der Waals surface area contributed by atoms with Crippen molar-refractivity contribution in [1.29, 1.82) is 0 Å². The third-order valence-corrected chi connectivity index (χ3v) is 6.52. The van der Waals surface area contributed by atoms with Crippen LogP contribution in [0.2, 0.25) is 0 Å². The summed E-state index contributed by atoms with van der Waals surface area (Å²) in [6.07, 6.45) is 5.30. The quantitative estimate of drug-likeness (QED) is 0.480. The fourth-order valence-corrected chi connectivity index (χ4v) is 4.66. The summed E-state index contributed by atoms with van der Waals surface area (Å²) >= 11 is 0. The molecular weight excluding hydrogens is 452 g/mol. The molecule has 36 heavy (non-hydrogen) atoms. The monoisotopic (exact) mass is 486 g/mol. The molecule has 0 fully saturated rings. The maximum Gasteiger partial charge on any atom is 0.335 e. The van der Waals surface area contributed by atoms with Gasteiger partial charge in [0.15, 0.2) is 6.61 Å². The first-order chi connectivity index (χ1) is 17.6. The van der Waals surface area contributed by atoms with Crippen molar-refractivity contribution in [1.82, 2.24) is 4.90 Å². The van der Waals surface area contributed by atoms with Gasteiger partial charge in [-0.15, -0.1) is 0 Å². The van der Waals surface area contributed by atoms with Crippen LogP contribution in [0.5, 0.6) is 5.75 Å². The maximum atomic E-state index is 13.4. The van der Waals surface area contributed by atoms with Crippen LogP contribution in [0.25, 0.3) is 0 Å². The molecule has 0 unspecified atom stereocenters. The lowest BCUT2D eigenvalue weighted by atomic mass is 10.0. The average molecular weight is 487 g/mol. The lowest BCUT2D eigenvalue weighted by molar-refractivity contribution is -0.120. The van der Waals surface area contributed by atoms with E-state index in [0.717, 1.165) is 56.4 Å². The number of carbonyl (C=O) groups is 2. The predicted molar refractivity (Wildman–Crippen MR) is 141 cm³/mol. The SMILES string of the molecule is O=C(O)c1ccc2c(c1)CN(Cc1ccccc1)CCCCCCCN2C(=O)COc1ccccc1. The molecule has 0 radical (unpaired) electrons. The van der Waals surface area contributed by atoms with Crippen molar-refractivity contribution >= 4 is 17.6 Å². The third-order valence-electron chi connectivity index (χ3n) is 6.52. The number of carbonyl (C=O) groups excluding carboxylic acids is 1. The molecule has 0 spiro atoms. The minimum Gasteiger partial charge on any atom is -0.484 e. The largest absolute Gasteiger partial charge is 0.484 e. The summed E-state index contributed by atoms with van der Waals surface area (Å²) in [6.45, 7) is 2.75. The molecule has 1 N–H and O–H groups in total. The standard InChI is InChI=1S/C30H34N2O4/c33-29(23-36-27-14-8-5-9-15-27)32-19-11-3-1-2-10-18-31(21-24-12-6-4-7-13-24)22-26-20-25(30(34)35)16-17-28(26)32/h4-9,12-17,20H,1-3,10-11,18-19,21-23H2,(H,34,35). The molecule has 0 atom stereocenters. The van der Waals surface area contributed by atoms with Crippen LogP contribution in [0.15, 0.2) is 78.9 Å². The second-order valence-corrected chi connectivity index (χ2v) is 9.26. The Bertz CT molecular complexity index is 1130.